The van der Waals surface area contributed by atoms with E-state index in [2.05, 4.69) is 15.9 Å². The van der Waals surface area contributed by atoms with E-state index in [0.29, 0.717) is 10.0 Å². The Balaban J connectivity index is 3.09. The number of halogens is 2. The SMILES string of the molecule is [O]Cc1cc(F)ccc1Br. The van der Waals surface area contributed by atoms with Crippen LogP contribution < -0.4 is 0 Å². The summed E-state index contributed by atoms with van der Waals surface area (Å²) >= 11 is 3.12. The molecule has 0 bridgehead atoms. The Morgan fingerprint density at radius 2 is 2.20 bits per heavy atom. The Morgan fingerprint density at radius 3 is 2.70 bits per heavy atom. The molecule has 0 atom stereocenters. The van der Waals surface area contributed by atoms with Gasteiger partial charge >= 0.3 is 0 Å². The van der Waals surface area contributed by atoms with Crippen molar-refractivity contribution in [1.29, 1.82) is 0 Å². The van der Waals surface area contributed by atoms with Crippen LogP contribution in [-0.2, 0) is 11.7 Å². The van der Waals surface area contributed by atoms with Crippen LogP contribution in [0.15, 0.2) is 22.7 Å². The first-order valence-electron chi connectivity index (χ1n) is 2.76. The molecule has 0 heterocycles. The summed E-state index contributed by atoms with van der Waals surface area (Å²) in [6, 6.07) is 4.07. The molecule has 0 aromatic heterocycles. The van der Waals surface area contributed by atoms with Crippen molar-refractivity contribution in [3.8, 4) is 0 Å². The first kappa shape index (κ1) is 7.69. The summed E-state index contributed by atoms with van der Waals surface area (Å²) in [5.74, 6) is -0.367. The van der Waals surface area contributed by atoms with E-state index in [1.54, 1.807) is 0 Å². The van der Waals surface area contributed by atoms with E-state index in [0.717, 1.165) is 0 Å². The van der Waals surface area contributed by atoms with Gasteiger partial charge in [-0.25, -0.2) is 9.50 Å². The van der Waals surface area contributed by atoms with Crippen molar-refractivity contribution in [1.82, 2.24) is 0 Å². The van der Waals surface area contributed by atoms with Crippen LogP contribution in [-0.4, -0.2) is 0 Å². The maximum absolute atomic E-state index is 12.4. The fourth-order valence-corrected chi connectivity index (χ4v) is 1.02. The average molecular weight is 204 g/mol. The monoisotopic (exact) mass is 203 g/mol. The van der Waals surface area contributed by atoms with Crippen LogP contribution in [0, 0.1) is 5.82 Å². The number of hydrogen-bond donors (Lipinski definition) is 0. The van der Waals surface area contributed by atoms with Gasteiger partial charge in [-0.1, -0.05) is 15.9 Å². The maximum atomic E-state index is 12.4. The van der Waals surface area contributed by atoms with Crippen molar-refractivity contribution in [2.24, 2.45) is 0 Å². The molecule has 1 radical (unpaired) electrons. The zero-order valence-electron chi connectivity index (χ0n) is 5.10. The number of rotatable bonds is 1. The van der Waals surface area contributed by atoms with Gasteiger partial charge in [0.1, 0.15) is 12.4 Å². The van der Waals surface area contributed by atoms with Gasteiger partial charge in [-0.3, -0.25) is 0 Å². The molecule has 0 saturated heterocycles. The predicted molar refractivity (Wildman–Crippen MR) is 38.5 cm³/mol. The Kier molecular flexibility index (Phi) is 2.40. The third-order valence-corrected chi connectivity index (χ3v) is 1.94. The van der Waals surface area contributed by atoms with Crippen molar-refractivity contribution < 1.29 is 9.50 Å². The number of benzene rings is 1. The smallest absolute Gasteiger partial charge is 0.123 e. The van der Waals surface area contributed by atoms with E-state index in [4.69, 9.17) is 0 Å². The highest BCUT2D eigenvalue weighted by atomic mass is 79.9. The molecule has 0 aliphatic rings. The molecule has 1 nitrogen and oxygen atoms in total. The largest absolute Gasteiger partial charge is 0.232 e. The van der Waals surface area contributed by atoms with E-state index < -0.39 is 6.61 Å². The first-order chi connectivity index (χ1) is 4.74. The highest BCUT2D eigenvalue weighted by Gasteiger charge is 1.99. The second-order valence-electron chi connectivity index (χ2n) is 1.88. The zero-order valence-corrected chi connectivity index (χ0v) is 6.69. The summed E-state index contributed by atoms with van der Waals surface area (Å²) in [5, 5.41) is 10.3. The summed E-state index contributed by atoms with van der Waals surface area (Å²) in [5.41, 5.74) is 0.458. The Morgan fingerprint density at radius 1 is 1.50 bits per heavy atom. The molecule has 0 fully saturated rings. The minimum Gasteiger partial charge on any atom is -0.232 e. The summed E-state index contributed by atoms with van der Waals surface area (Å²) in [6.45, 7) is -0.391. The fraction of sp³-hybridized carbons (Fsp3) is 0.143. The van der Waals surface area contributed by atoms with Gasteiger partial charge in [0.2, 0.25) is 0 Å². The fourth-order valence-electron chi connectivity index (χ4n) is 0.654. The van der Waals surface area contributed by atoms with E-state index >= 15 is 0 Å². The number of hydrogen-bond acceptors (Lipinski definition) is 0. The lowest BCUT2D eigenvalue weighted by Crippen LogP contribution is -1.84. The zero-order chi connectivity index (χ0) is 7.56. The van der Waals surface area contributed by atoms with Crippen LogP contribution in [0.25, 0.3) is 0 Å². The Bertz CT molecular complexity index is 237. The van der Waals surface area contributed by atoms with Gasteiger partial charge in [-0.05, 0) is 23.8 Å². The molecule has 0 N–H and O–H groups in total. The van der Waals surface area contributed by atoms with Gasteiger partial charge in [-0.15, -0.1) is 0 Å². The van der Waals surface area contributed by atoms with Crippen LogP contribution >= 0.6 is 15.9 Å². The second-order valence-corrected chi connectivity index (χ2v) is 2.73. The molecular weight excluding hydrogens is 199 g/mol. The molecule has 10 heavy (non-hydrogen) atoms. The van der Waals surface area contributed by atoms with Crippen LogP contribution in [0.3, 0.4) is 0 Å². The minimum atomic E-state index is -0.391. The molecule has 0 amide bonds. The Hall–Kier alpha value is -0.410. The highest BCUT2D eigenvalue weighted by molar-refractivity contribution is 9.10. The molecule has 1 rings (SSSR count). The topological polar surface area (TPSA) is 19.9 Å². The summed E-state index contributed by atoms with van der Waals surface area (Å²) < 4.78 is 13.0. The predicted octanol–water partition coefficient (Wildman–Crippen LogP) is 2.52. The third kappa shape index (κ3) is 1.55. The second kappa shape index (κ2) is 3.12. The van der Waals surface area contributed by atoms with Gasteiger partial charge in [0.15, 0.2) is 0 Å². The lowest BCUT2D eigenvalue weighted by molar-refractivity contribution is 0.176. The van der Waals surface area contributed by atoms with Gasteiger partial charge in [0.25, 0.3) is 0 Å². The summed E-state index contributed by atoms with van der Waals surface area (Å²) in [6.07, 6.45) is 0. The molecule has 1 aromatic rings. The van der Waals surface area contributed by atoms with Crippen LogP contribution in [0.5, 0.6) is 0 Å². The van der Waals surface area contributed by atoms with Gasteiger partial charge in [0.05, 0.1) is 0 Å². The molecule has 0 aliphatic carbocycles. The third-order valence-electron chi connectivity index (χ3n) is 1.16. The lowest BCUT2D eigenvalue weighted by Gasteiger charge is -1.97. The minimum absolute atomic E-state index is 0.367. The van der Waals surface area contributed by atoms with E-state index in [-0.39, 0.29) is 5.82 Å². The molecule has 0 aliphatic heterocycles. The van der Waals surface area contributed by atoms with Crippen molar-refractivity contribution in [3.05, 3.63) is 34.1 Å². The van der Waals surface area contributed by atoms with Crippen molar-refractivity contribution in [3.63, 3.8) is 0 Å². The van der Waals surface area contributed by atoms with Gasteiger partial charge < -0.3 is 0 Å². The quantitative estimate of drug-likeness (QED) is 0.669. The highest BCUT2D eigenvalue weighted by Crippen LogP contribution is 2.17. The van der Waals surface area contributed by atoms with E-state index in [9.17, 15) is 9.50 Å². The molecule has 0 saturated carbocycles. The van der Waals surface area contributed by atoms with Crippen LogP contribution in [0.1, 0.15) is 5.56 Å². The van der Waals surface area contributed by atoms with Crippen molar-refractivity contribution >= 4 is 15.9 Å². The van der Waals surface area contributed by atoms with E-state index in [1.807, 2.05) is 0 Å². The van der Waals surface area contributed by atoms with Crippen LogP contribution in [0.4, 0.5) is 4.39 Å². The standard InChI is InChI=1S/C7H5BrFO/c8-7-2-1-6(9)3-5(7)4-10/h1-3H,4H2. The maximum Gasteiger partial charge on any atom is 0.123 e. The lowest BCUT2D eigenvalue weighted by atomic mass is 10.2. The normalized spacial score (nSPS) is 9.90. The average Bonchev–Trinajstić information content (AvgIpc) is 1.94. The molecule has 1 aromatic carbocycles. The molecule has 53 valence electrons. The van der Waals surface area contributed by atoms with Crippen LogP contribution in [0.2, 0.25) is 0 Å². The van der Waals surface area contributed by atoms with Crippen molar-refractivity contribution in [2.75, 3.05) is 0 Å². The first-order valence-corrected chi connectivity index (χ1v) is 3.55. The molecule has 0 spiro atoms. The summed E-state index contributed by atoms with van der Waals surface area (Å²) in [7, 11) is 0. The molecule has 0 unspecified atom stereocenters. The van der Waals surface area contributed by atoms with E-state index in [1.165, 1.54) is 18.2 Å². The molecule has 3 heteroatoms. The van der Waals surface area contributed by atoms with Gasteiger partial charge in [-0.2, -0.15) is 0 Å². The van der Waals surface area contributed by atoms with Crippen molar-refractivity contribution in [2.45, 2.75) is 6.61 Å². The summed E-state index contributed by atoms with van der Waals surface area (Å²) in [4.78, 5) is 0. The van der Waals surface area contributed by atoms with Gasteiger partial charge in [0, 0.05) is 4.47 Å². The molecular formula is C7H5BrFO. The Labute approximate surface area is 66.6 Å².